The molecule has 0 aromatic carbocycles. The van der Waals surface area contributed by atoms with Gasteiger partial charge < -0.3 is 18.9 Å². The maximum atomic E-state index is 11.9. The summed E-state index contributed by atoms with van der Waals surface area (Å²) in [6.45, 7) is -1.95. The molecule has 0 atom stereocenters. The molecule has 0 bridgehead atoms. The van der Waals surface area contributed by atoms with Gasteiger partial charge in [-0.25, -0.2) is 0 Å². The lowest BCUT2D eigenvalue weighted by Gasteiger charge is -2.31. The minimum Gasteiger partial charge on any atom is -0.465 e. The monoisotopic (exact) mass is 460 g/mol. The second-order valence-electron chi connectivity index (χ2n) is 6.78. The van der Waals surface area contributed by atoms with Crippen LogP contribution in [0.2, 0.25) is 0 Å². The molecule has 0 fully saturated rings. The van der Waals surface area contributed by atoms with Crippen LogP contribution >= 0.6 is 0 Å². The summed E-state index contributed by atoms with van der Waals surface area (Å²) in [6.07, 6.45) is -1.22. The minimum atomic E-state index is -1.49. The molecule has 0 spiro atoms. The Morgan fingerprint density at radius 2 is 0.697 bits per heavy atom. The van der Waals surface area contributed by atoms with E-state index in [1.54, 1.807) is 24.3 Å². The number of ether oxygens (including phenoxy) is 4. The van der Waals surface area contributed by atoms with Crippen molar-refractivity contribution < 1.29 is 38.1 Å². The first-order chi connectivity index (χ1) is 15.8. The van der Waals surface area contributed by atoms with Crippen molar-refractivity contribution in [2.45, 2.75) is 51.4 Å². The zero-order chi connectivity index (χ0) is 25.0. The van der Waals surface area contributed by atoms with E-state index in [4.69, 9.17) is 40.0 Å². The lowest BCUT2D eigenvalue weighted by atomic mass is 9.92. The van der Waals surface area contributed by atoms with Crippen molar-refractivity contribution in [3.05, 3.63) is 0 Å². The van der Waals surface area contributed by atoms with E-state index in [9.17, 15) is 19.2 Å². The summed E-state index contributed by atoms with van der Waals surface area (Å²) in [7, 11) is 0. The van der Waals surface area contributed by atoms with Crippen molar-refractivity contribution in [1.82, 2.24) is 0 Å². The van der Waals surface area contributed by atoms with Gasteiger partial charge in [-0.3, -0.25) is 19.2 Å². The molecule has 0 aliphatic carbocycles. The summed E-state index contributed by atoms with van der Waals surface area (Å²) in [6, 6.07) is 7.15. The quantitative estimate of drug-likeness (QED) is 0.237. The molecule has 0 saturated heterocycles. The summed E-state index contributed by atoms with van der Waals surface area (Å²) >= 11 is 0. The number of rotatable bonds is 16. The van der Waals surface area contributed by atoms with E-state index >= 15 is 0 Å². The molecule has 0 radical (unpaired) electrons. The molecular formula is C21H24N4O8. The molecular weight excluding hydrogens is 436 g/mol. The Labute approximate surface area is 191 Å². The van der Waals surface area contributed by atoms with Gasteiger partial charge in [0.2, 0.25) is 0 Å². The third-order valence-corrected chi connectivity index (χ3v) is 3.92. The molecule has 0 N–H and O–H groups in total. The molecule has 0 aliphatic heterocycles. The van der Waals surface area contributed by atoms with Crippen molar-refractivity contribution in [1.29, 1.82) is 21.0 Å². The van der Waals surface area contributed by atoms with E-state index in [1.807, 2.05) is 0 Å². The second kappa shape index (κ2) is 17.5. The number of hydrogen-bond acceptors (Lipinski definition) is 12. The molecule has 12 nitrogen and oxygen atoms in total. The normalized spacial score (nSPS) is 9.82. The first-order valence-electron chi connectivity index (χ1n) is 9.92. The summed E-state index contributed by atoms with van der Waals surface area (Å²) in [5.74, 6) is -2.99. The van der Waals surface area contributed by atoms with E-state index in [0.717, 1.165) is 0 Å². The average Bonchev–Trinajstić information content (AvgIpc) is 2.82. The fourth-order valence-corrected chi connectivity index (χ4v) is 2.10. The molecule has 33 heavy (non-hydrogen) atoms. The lowest BCUT2D eigenvalue weighted by Crippen LogP contribution is -2.44. The Morgan fingerprint density at radius 1 is 0.485 bits per heavy atom. The molecule has 0 heterocycles. The van der Waals surface area contributed by atoms with Crippen LogP contribution in [0.5, 0.6) is 0 Å². The van der Waals surface area contributed by atoms with E-state index in [2.05, 4.69) is 0 Å². The van der Waals surface area contributed by atoms with Gasteiger partial charge in [0.1, 0.15) is 31.8 Å². The Morgan fingerprint density at radius 3 is 0.879 bits per heavy atom. The van der Waals surface area contributed by atoms with Crippen LogP contribution in [0.15, 0.2) is 0 Å². The van der Waals surface area contributed by atoms with E-state index in [0.29, 0.717) is 0 Å². The zero-order valence-corrected chi connectivity index (χ0v) is 18.0. The molecule has 0 aromatic rings. The van der Waals surface area contributed by atoms with Crippen molar-refractivity contribution >= 4 is 23.9 Å². The van der Waals surface area contributed by atoms with Crippen LogP contribution in [0.25, 0.3) is 0 Å². The second-order valence-corrected chi connectivity index (χ2v) is 6.78. The summed E-state index contributed by atoms with van der Waals surface area (Å²) in [4.78, 5) is 47.5. The summed E-state index contributed by atoms with van der Waals surface area (Å²) in [5.41, 5.74) is -1.49. The number of nitriles is 4. The highest BCUT2D eigenvalue weighted by Crippen LogP contribution is 2.22. The van der Waals surface area contributed by atoms with Gasteiger partial charge in [-0.15, -0.1) is 0 Å². The van der Waals surface area contributed by atoms with Crippen molar-refractivity contribution in [2.75, 3.05) is 26.4 Å². The molecule has 0 rings (SSSR count). The standard InChI is InChI=1S/C21H24N4O8/c22-9-1-5-17(26)30-13-21(14-31-18(27)6-2-10-23,15-32-19(28)7-3-11-24)16-33-20(29)8-4-12-25/h1-8,13-16H2. The van der Waals surface area contributed by atoms with Crippen molar-refractivity contribution in [3.8, 4) is 24.3 Å². The molecule has 0 amide bonds. The third-order valence-electron chi connectivity index (χ3n) is 3.92. The first kappa shape index (κ1) is 28.8. The first-order valence-corrected chi connectivity index (χ1v) is 9.92. The zero-order valence-electron chi connectivity index (χ0n) is 18.0. The van der Waals surface area contributed by atoms with Crippen LogP contribution in [0.3, 0.4) is 0 Å². The highest BCUT2D eigenvalue weighted by Gasteiger charge is 2.38. The van der Waals surface area contributed by atoms with Gasteiger partial charge >= 0.3 is 23.9 Å². The SMILES string of the molecule is N#CCCC(=O)OCC(COC(=O)CCC#N)(COC(=O)CCC#N)COC(=O)CCC#N. The van der Waals surface area contributed by atoms with Crippen LogP contribution in [0, 0.1) is 50.7 Å². The number of nitrogens with zero attached hydrogens (tertiary/aromatic N) is 4. The summed E-state index contributed by atoms with van der Waals surface area (Å²) < 4.78 is 20.5. The van der Waals surface area contributed by atoms with E-state index < -0.39 is 55.7 Å². The maximum Gasteiger partial charge on any atom is 0.306 e. The Bertz CT molecular complexity index is 703. The van der Waals surface area contributed by atoms with Gasteiger partial charge in [-0.1, -0.05) is 0 Å². The van der Waals surface area contributed by atoms with Crippen LogP contribution in [-0.4, -0.2) is 50.3 Å². The van der Waals surface area contributed by atoms with Gasteiger partial charge in [-0.2, -0.15) is 21.0 Å². The van der Waals surface area contributed by atoms with Crippen LogP contribution in [0.1, 0.15) is 51.4 Å². The Kier molecular flexibility index (Phi) is 15.3. The fourth-order valence-electron chi connectivity index (χ4n) is 2.10. The van der Waals surface area contributed by atoms with Crippen LogP contribution in [0.4, 0.5) is 0 Å². The molecule has 12 heteroatoms. The number of carbonyl (C=O) groups excluding carboxylic acids is 4. The summed E-state index contributed by atoms with van der Waals surface area (Å²) in [5, 5.41) is 34.4. The van der Waals surface area contributed by atoms with Crippen LogP contribution < -0.4 is 0 Å². The number of carbonyl (C=O) groups is 4. The van der Waals surface area contributed by atoms with Gasteiger partial charge in [0.05, 0.1) is 50.0 Å². The third kappa shape index (κ3) is 14.5. The lowest BCUT2D eigenvalue weighted by molar-refractivity contribution is -0.170. The largest absolute Gasteiger partial charge is 0.465 e. The van der Waals surface area contributed by atoms with Crippen LogP contribution in [-0.2, 0) is 38.1 Å². The van der Waals surface area contributed by atoms with Gasteiger partial charge in [-0.05, 0) is 0 Å². The predicted octanol–water partition coefficient (Wildman–Crippen LogP) is 1.36. The predicted molar refractivity (Wildman–Crippen MR) is 106 cm³/mol. The maximum absolute atomic E-state index is 11.9. The highest BCUT2D eigenvalue weighted by molar-refractivity contribution is 5.71. The number of esters is 4. The molecule has 176 valence electrons. The molecule has 0 aliphatic rings. The van der Waals surface area contributed by atoms with Gasteiger partial charge in [0.15, 0.2) is 0 Å². The van der Waals surface area contributed by atoms with Gasteiger partial charge in [0.25, 0.3) is 0 Å². The van der Waals surface area contributed by atoms with Crippen molar-refractivity contribution in [2.24, 2.45) is 5.41 Å². The minimum absolute atomic E-state index is 0.0960. The van der Waals surface area contributed by atoms with E-state index in [-0.39, 0.29) is 51.4 Å². The smallest absolute Gasteiger partial charge is 0.306 e. The number of hydrogen-bond donors (Lipinski definition) is 0. The Hall–Kier alpha value is -4.16. The Balaban J connectivity index is 5.52. The average molecular weight is 460 g/mol. The van der Waals surface area contributed by atoms with Gasteiger partial charge in [0, 0.05) is 25.7 Å². The van der Waals surface area contributed by atoms with E-state index in [1.165, 1.54) is 0 Å². The highest BCUT2D eigenvalue weighted by atomic mass is 16.6. The molecule has 0 saturated carbocycles. The topological polar surface area (TPSA) is 200 Å². The molecule has 0 aromatic heterocycles. The molecule has 0 unspecified atom stereocenters. The fraction of sp³-hybridized carbons (Fsp3) is 0.619. The van der Waals surface area contributed by atoms with Crippen molar-refractivity contribution in [3.63, 3.8) is 0 Å².